The van der Waals surface area contributed by atoms with Gasteiger partial charge in [0, 0.05) is 40.5 Å². The van der Waals surface area contributed by atoms with Crippen LogP contribution in [0.4, 0.5) is 14.5 Å². The van der Waals surface area contributed by atoms with Gasteiger partial charge in [-0.1, -0.05) is 23.7 Å². The number of hydrogen-bond acceptors (Lipinski definition) is 7. The van der Waals surface area contributed by atoms with E-state index in [4.69, 9.17) is 16.0 Å². The van der Waals surface area contributed by atoms with Gasteiger partial charge in [0.2, 0.25) is 5.91 Å². The molecule has 1 N–H and O–H groups in total. The van der Waals surface area contributed by atoms with Crippen LogP contribution in [0.2, 0.25) is 5.02 Å². The molecular formula is C28H25ClF2N4O6. The minimum atomic E-state index is -3.81. The predicted octanol–water partition coefficient (Wildman–Crippen LogP) is 5.21. The normalized spacial score (nSPS) is 13.8. The van der Waals surface area contributed by atoms with E-state index in [9.17, 15) is 23.2 Å². The number of halogens is 3. The maximum absolute atomic E-state index is 13.5. The third kappa shape index (κ3) is 5.73. The zero-order valence-electron chi connectivity index (χ0n) is 22.5. The van der Waals surface area contributed by atoms with E-state index < -0.39 is 35.8 Å². The second-order valence-corrected chi connectivity index (χ2v) is 10.8. The maximum Gasteiger partial charge on any atom is 0.586 e. The molecule has 1 aliphatic rings. The molecule has 0 saturated heterocycles. The van der Waals surface area contributed by atoms with Gasteiger partial charge in [0.1, 0.15) is 12.2 Å². The molecule has 0 radical (unpaired) electrons. The van der Waals surface area contributed by atoms with Crippen LogP contribution >= 0.6 is 11.6 Å². The molecule has 4 aromatic rings. The number of nitrogens with one attached hydrogen (secondary N) is 1. The van der Waals surface area contributed by atoms with Gasteiger partial charge in [-0.2, -0.15) is 5.10 Å². The summed E-state index contributed by atoms with van der Waals surface area (Å²) in [5, 5.41) is 7.63. The Labute approximate surface area is 237 Å². The molecule has 214 valence electrons. The summed E-state index contributed by atoms with van der Waals surface area (Å²) >= 11 is 6.20. The number of benzene rings is 2. The number of anilines is 1. The SMILES string of the molecule is CCN(C(=O)Cn1nc(-c2cccc(Cl)c2)c2oc(C(=O)NC(C)(C)C)cc2c1=O)c1ccc2c(c1)OC(F)(F)O2. The molecule has 0 aliphatic carbocycles. The van der Waals surface area contributed by atoms with E-state index in [1.807, 2.05) is 0 Å². The third-order valence-corrected chi connectivity index (χ3v) is 6.28. The van der Waals surface area contributed by atoms with Crippen LogP contribution in [0.3, 0.4) is 0 Å². The van der Waals surface area contributed by atoms with E-state index in [-0.39, 0.29) is 46.2 Å². The molecule has 10 nitrogen and oxygen atoms in total. The summed E-state index contributed by atoms with van der Waals surface area (Å²) in [6.07, 6.45) is -3.81. The van der Waals surface area contributed by atoms with Crippen molar-refractivity contribution in [2.45, 2.75) is 46.1 Å². The van der Waals surface area contributed by atoms with Crippen molar-refractivity contribution in [3.63, 3.8) is 0 Å². The lowest BCUT2D eigenvalue weighted by molar-refractivity contribution is -0.286. The standard InChI is InChI=1S/C28H25ClF2N4O6/c1-5-34(17-9-10-19-20(12-17)41-28(30,31)40-19)22(36)14-35-26(38)18-13-21(25(37)32-27(2,3)4)39-24(18)23(33-35)15-7-6-8-16(29)11-15/h6-13H,5,14H2,1-4H3,(H,32,37). The number of carbonyl (C=O) groups is 2. The Kier molecular flexibility index (Phi) is 6.98. The summed E-state index contributed by atoms with van der Waals surface area (Å²) in [4.78, 5) is 41.0. The molecule has 5 rings (SSSR count). The number of carbonyl (C=O) groups excluding carboxylic acids is 2. The van der Waals surface area contributed by atoms with Crippen molar-refractivity contribution in [1.82, 2.24) is 15.1 Å². The largest absolute Gasteiger partial charge is 0.586 e. The van der Waals surface area contributed by atoms with Gasteiger partial charge in [0.15, 0.2) is 22.8 Å². The second kappa shape index (κ2) is 10.2. The lowest BCUT2D eigenvalue weighted by Gasteiger charge is -2.21. The first-order chi connectivity index (χ1) is 19.2. The molecule has 0 unspecified atom stereocenters. The van der Waals surface area contributed by atoms with Gasteiger partial charge in [0.05, 0.1) is 5.39 Å². The molecule has 0 fully saturated rings. The smallest absolute Gasteiger partial charge is 0.448 e. The van der Waals surface area contributed by atoms with Crippen molar-refractivity contribution in [2.75, 3.05) is 11.4 Å². The summed E-state index contributed by atoms with van der Waals surface area (Å²) in [5.74, 6) is -1.58. The minimum Gasteiger partial charge on any atom is -0.448 e. The molecule has 0 bridgehead atoms. The zero-order valence-corrected chi connectivity index (χ0v) is 23.2. The first kappa shape index (κ1) is 28.1. The van der Waals surface area contributed by atoms with E-state index in [0.29, 0.717) is 10.6 Å². The van der Waals surface area contributed by atoms with Gasteiger partial charge < -0.3 is 24.1 Å². The summed E-state index contributed by atoms with van der Waals surface area (Å²) in [5.41, 5.74) is -0.234. The van der Waals surface area contributed by atoms with Crippen LogP contribution in [-0.2, 0) is 11.3 Å². The fraction of sp³-hybridized carbons (Fsp3) is 0.286. The lowest BCUT2D eigenvalue weighted by atomic mass is 10.1. The van der Waals surface area contributed by atoms with Gasteiger partial charge >= 0.3 is 6.29 Å². The lowest BCUT2D eigenvalue weighted by Crippen LogP contribution is -2.40. The van der Waals surface area contributed by atoms with E-state index in [1.165, 1.54) is 29.2 Å². The average Bonchev–Trinajstić information content (AvgIpc) is 3.45. The van der Waals surface area contributed by atoms with Crippen molar-refractivity contribution in [3.8, 4) is 22.8 Å². The van der Waals surface area contributed by atoms with Gasteiger partial charge in [-0.3, -0.25) is 14.4 Å². The number of aromatic nitrogens is 2. The van der Waals surface area contributed by atoms with Gasteiger partial charge in [-0.05, 0) is 52.0 Å². The van der Waals surface area contributed by atoms with Crippen molar-refractivity contribution in [2.24, 2.45) is 0 Å². The highest BCUT2D eigenvalue weighted by Crippen LogP contribution is 2.43. The molecular weight excluding hydrogens is 562 g/mol. The number of likely N-dealkylation sites (N-methyl/N-ethyl adjacent to an activating group) is 1. The Hall–Kier alpha value is -4.45. The van der Waals surface area contributed by atoms with E-state index in [0.717, 1.165) is 4.68 Å². The van der Waals surface area contributed by atoms with Crippen LogP contribution in [0.1, 0.15) is 38.2 Å². The number of rotatable bonds is 6. The molecule has 1 aliphatic heterocycles. The fourth-order valence-electron chi connectivity index (χ4n) is 4.34. The number of nitrogens with zero attached hydrogens (tertiary/aromatic N) is 3. The molecule has 0 atom stereocenters. The van der Waals surface area contributed by atoms with Crippen LogP contribution in [0, 0.1) is 0 Å². The van der Waals surface area contributed by atoms with E-state index in [1.54, 1.807) is 52.0 Å². The Bertz CT molecular complexity index is 1740. The second-order valence-electron chi connectivity index (χ2n) is 10.3. The summed E-state index contributed by atoms with van der Waals surface area (Å²) in [7, 11) is 0. The van der Waals surface area contributed by atoms with Crippen molar-refractivity contribution >= 4 is 40.1 Å². The third-order valence-electron chi connectivity index (χ3n) is 6.04. The molecule has 3 heterocycles. The minimum absolute atomic E-state index is 0.0372. The number of fused-ring (bicyclic) bond motifs is 2. The highest BCUT2D eigenvalue weighted by atomic mass is 35.5. The average molecular weight is 587 g/mol. The summed E-state index contributed by atoms with van der Waals surface area (Å²) < 4.78 is 42.7. The van der Waals surface area contributed by atoms with Gasteiger partial charge in [-0.25, -0.2) is 4.68 Å². The Balaban J connectivity index is 1.55. The van der Waals surface area contributed by atoms with Gasteiger partial charge in [0.25, 0.3) is 11.5 Å². The van der Waals surface area contributed by atoms with E-state index in [2.05, 4.69) is 19.9 Å². The molecule has 2 aromatic heterocycles. The first-order valence-corrected chi connectivity index (χ1v) is 13.0. The molecule has 2 amide bonds. The predicted molar refractivity (Wildman–Crippen MR) is 147 cm³/mol. The van der Waals surface area contributed by atoms with Crippen molar-refractivity contribution in [1.29, 1.82) is 0 Å². The molecule has 2 aromatic carbocycles. The topological polar surface area (TPSA) is 116 Å². The Morgan fingerprint density at radius 3 is 2.51 bits per heavy atom. The number of ether oxygens (including phenoxy) is 2. The highest BCUT2D eigenvalue weighted by Gasteiger charge is 2.43. The van der Waals surface area contributed by atoms with E-state index >= 15 is 0 Å². The zero-order chi connectivity index (χ0) is 29.7. The number of alkyl halides is 2. The summed E-state index contributed by atoms with van der Waals surface area (Å²) in [6.45, 7) is 6.73. The summed E-state index contributed by atoms with van der Waals surface area (Å²) in [6, 6.07) is 11.9. The number of furan rings is 1. The number of hydrogen-bond donors (Lipinski definition) is 1. The van der Waals surface area contributed by atoms with Crippen molar-refractivity contribution in [3.05, 3.63) is 69.7 Å². The van der Waals surface area contributed by atoms with Crippen molar-refractivity contribution < 1.29 is 32.3 Å². The fourth-order valence-corrected chi connectivity index (χ4v) is 4.53. The van der Waals surface area contributed by atoms with Crippen LogP contribution in [0.25, 0.3) is 22.2 Å². The van der Waals surface area contributed by atoms with Gasteiger partial charge in [-0.15, -0.1) is 8.78 Å². The Morgan fingerprint density at radius 2 is 1.83 bits per heavy atom. The monoisotopic (exact) mass is 586 g/mol. The maximum atomic E-state index is 13.5. The number of amides is 2. The quantitative estimate of drug-likeness (QED) is 0.330. The Morgan fingerprint density at radius 1 is 1.10 bits per heavy atom. The van der Waals surface area contributed by atoms with Crippen LogP contribution < -0.4 is 25.2 Å². The van der Waals surface area contributed by atoms with Crippen LogP contribution in [0.5, 0.6) is 11.5 Å². The first-order valence-electron chi connectivity index (χ1n) is 12.6. The molecule has 41 heavy (non-hydrogen) atoms. The molecule has 0 saturated carbocycles. The molecule has 0 spiro atoms. The molecule has 13 heteroatoms. The van der Waals surface area contributed by atoms with Crippen LogP contribution in [-0.4, -0.2) is 40.0 Å². The highest BCUT2D eigenvalue weighted by molar-refractivity contribution is 6.30. The van der Waals surface area contributed by atoms with Crippen LogP contribution in [0.15, 0.2) is 57.7 Å².